The molecule has 2 aromatic heterocycles. The van der Waals surface area contributed by atoms with Crippen molar-refractivity contribution in [3.05, 3.63) is 59.3 Å². The molecule has 13 heteroatoms. The van der Waals surface area contributed by atoms with Gasteiger partial charge in [-0.2, -0.15) is 0 Å². The number of carbonyl (C=O) groups is 2. The van der Waals surface area contributed by atoms with E-state index in [9.17, 15) is 14.7 Å². The highest BCUT2D eigenvalue weighted by Crippen LogP contribution is 2.24. The van der Waals surface area contributed by atoms with E-state index in [-0.39, 0.29) is 30.1 Å². The number of β-amino-alcohol motifs (C(OH)–C–C–N with tert-alkyl or cyclic N) is 1. The number of anilines is 1. The predicted molar refractivity (Wildman–Crippen MR) is 145 cm³/mol. The molecule has 1 unspecified atom stereocenters. The molecule has 0 aliphatic carbocycles. The maximum atomic E-state index is 12.7. The van der Waals surface area contributed by atoms with E-state index in [0.29, 0.717) is 32.1 Å². The maximum absolute atomic E-state index is 12.7. The molecule has 212 valence electrons. The van der Waals surface area contributed by atoms with Crippen LogP contribution in [0, 0.1) is 0 Å². The second-order valence-corrected chi connectivity index (χ2v) is 10.3. The zero-order valence-corrected chi connectivity index (χ0v) is 22.5. The second-order valence-electron chi connectivity index (χ2n) is 10.3. The smallest absolute Gasteiger partial charge is 0.270 e. The Morgan fingerprint density at radius 2 is 2.02 bits per heavy atom. The molecule has 2 aliphatic heterocycles. The highest BCUT2D eigenvalue weighted by Gasteiger charge is 2.22. The number of carbonyl (C=O) groups excluding carboxylic acids is 2. The molecule has 1 atom stereocenters. The number of aliphatic hydroxyl groups excluding tert-OH is 1. The van der Waals surface area contributed by atoms with Crippen molar-refractivity contribution in [1.29, 1.82) is 0 Å². The lowest BCUT2D eigenvalue weighted by molar-refractivity contribution is -0.129. The van der Waals surface area contributed by atoms with Crippen LogP contribution >= 0.6 is 0 Å². The van der Waals surface area contributed by atoms with Gasteiger partial charge in [-0.1, -0.05) is 11.3 Å². The van der Waals surface area contributed by atoms with Gasteiger partial charge in [0.05, 0.1) is 18.0 Å². The van der Waals surface area contributed by atoms with Gasteiger partial charge in [0.15, 0.2) is 0 Å². The SMILES string of the molecule is CC(=O)N1CCC(Nc2cc(C(=O)NCC(O)CN3CCc4cc(OCc5cnn[nH]5)ccc4C3)ncn2)CC1. The van der Waals surface area contributed by atoms with E-state index >= 15 is 0 Å². The summed E-state index contributed by atoms with van der Waals surface area (Å²) in [7, 11) is 0. The molecule has 13 nitrogen and oxygen atoms in total. The quantitative estimate of drug-likeness (QED) is 0.284. The monoisotopic (exact) mass is 549 g/mol. The van der Waals surface area contributed by atoms with Crippen molar-refractivity contribution in [2.75, 3.05) is 38.0 Å². The number of fused-ring (bicyclic) bond motifs is 1. The van der Waals surface area contributed by atoms with Crippen molar-refractivity contribution in [3.8, 4) is 5.75 Å². The van der Waals surface area contributed by atoms with Crippen LogP contribution < -0.4 is 15.4 Å². The molecule has 40 heavy (non-hydrogen) atoms. The minimum atomic E-state index is -0.720. The van der Waals surface area contributed by atoms with Crippen LogP contribution in [0.15, 0.2) is 36.8 Å². The van der Waals surface area contributed by atoms with Gasteiger partial charge in [-0.15, -0.1) is 5.10 Å². The third-order valence-electron chi connectivity index (χ3n) is 7.29. The number of ether oxygens (including phenoxy) is 1. The summed E-state index contributed by atoms with van der Waals surface area (Å²) in [6.45, 7) is 5.45. The first kappa shape index (κ1) is 27.5. The molecule has 1 saturated heterocycles. The summed E-state index contributed by atoms with van der Waals surface area (Å²) in [5.41, 5.74) is 3.48. The van der Waals surface area contributed by atoms with Gasteiger partial charge in [-0.3, -0.25) is 19.6 Å². The van der Waals surface area contributed by atoms with E-state index in [1.165, 1.54) is 17.5 Å². The van der Waals surface area contributed by atoms with Gasteiger partial charge in [0.25, 0.3) is 5.91 Å². The normalized spacial score (nSPS) is 16.7. The fraction of sp³-hybridized carbons (Fsp3) is 0.481. The molecular formula is C27H35N9O4. The first-order chi connectivity index (χ1) is 19.4. The predicted octanol–water partition coefficient (Wildman–Crippen LogP) is 0.746. The molecular weight excluding hydrogens is 514 g/mol. The number of likely N-dealkylation sites (tertiary alicyclic amines) is 1. The lowest BCUT2D eigenvalue weighted by Crippen LogP contribution is -2.42. The van der Waals surface area contributed by atoms with Gasteiger partial charge < -0.3 is 25.4 Å². The first-order valence-electron chi connectivity index (χ1n) is 13.5. The van der Waals surface area contributed by atoms with Gasteiger partial charge in [-0.25, -0.2) is 9.97 Å². The number of piperidine rings is 1. The van der Waals surface area contributed by atoms with Crippen LogP contribution in [0.1, 0.15) is 47.1 Å². The zero-order chi connectivity index (χ0) is 27.9. The molecule has 2 amide bonds. The number of aliphatic hydroxyl groups is 1. The summed E-state index contributed by atoms with van der Waals surface area (Å²) >= 11 is 0. The molecule has 4 N–H and O–H groups in total. The summed E-state index contributed by atoms with van der Waals surface area (Å²) in [6, 6.07) is 7.86. The van der Waals surface area contributed by atoms with Crippen molar-refractivity contribution in [3.63, 3.8) is 0 Å². The van der Waals surface area contributed by atoms with Gasteiger partial charge in [0, 0.05) is 58.3 Å². The minimum absolute atomic E-state index is 0.0896. The average molecular weight is 550 g/mol. The van der Waals surface area contributed by atoms with Crippen molar-refractivity contribution in [1.82, 2.24) is 40.5 Å². The molecule has 0 spiro atoms. The topological polar surface area (TPSA) is 161 Å². The third kappa shape index (κ3) is 7.30. The molecule has 0 bridgehead atoms. The van der Waals surface area contributed by atoms with Crippen molar-refractivity contribution in [2.24, 2.45) is 0 Å². The number of rotatable bonds is 10. The number of benzene rings is 1. The van der Waals surface area contributed by atoms with Crippen LogP contribution in [0.4, 0.5) is 5.82 Å². The number of H-pyrrole nitrogens is 1. The Morgan fingerprint density at radius 1 is 1.18 bits per heavy atom. The number of amides is 2. The highest BCUT2D eigenvalue weighted by atomic mass is 16.5. The summed E-state index contributed by atoms with van der Waals surface area (Å²) in [6.07, 6.45) is 4.75. The summed E-state index contributed by atoms with van der Waals surface area (Å²) in [5, 5.41) is 27.0. The second kappa shape index (κ2) is 12.8. The fourth-order valence-electron chi connectivity index (χ4n) is 5.06. The van der Waals surface area contributed by atoms with E-state index in [1.54, 1.807) is 19.2 Å². The van der Waals surface area contributed by atoms with E-state index in [2.05, 4.69) is 53.0 Å². The van der Waals surface area contributed by atoms with Crippen molar-refractivity contribution in [2.45, 2.75) is 51.5 Å². The molecule has 1 aromatic carbocycles. The van der Waals surface area contributed by atoms with E-state index in [1.807, 2.05) is 11.0 Å². The van der Waals surface area contributed by atoms with Crippen LogP contribution in [0.3, 0.4) is 0 Å². The number of nitrogens with zero attached hydrogens (tertiary/aromatic N) is 6. The van der Waals surface area contributed by atoms with Crippen molar-refractivity contribution >= 4 is 17.6 Å². The van der Waals surface area contributed by atoms with Gasteiger partial charge in [0.1, 0.15) is 30.2 Å². The summed E-state index contributed by atoms with van der Waals surface area (Å²) < 4.78 is 5.82. The molecule has 0 saturated carbocycles. The fourth-order valence-corrected chi connectivity index (χ4v) is 5.06. The lowest BCUT2D eigenvalue weighted by atomic mass is 9.99. The largest absolute Gasteiger partial charge is 0.487 e. The Balaban J connectivity index is 1.05. The Labute approximate surface area is 232 Å². The number of nitrogens with one attached hydrogen (secondary N) is 3. The Morgan fingerprint density at radius 3 is 2.80 bits per heavy atom. The molecule has 5 rings (SSSR count). The Kier molecular flexibility index (Phi) is 8.81. The van der Waals surface area contributed by atoms with Crippen LogP contribution in [0.25, 0.3) is 0 Å². The van der Waals surface area contributed by atoms with Crippen LogP contribution in [-0.2, 0) is 24.4 Å². The number of hydrogen-bond donors (Lipinski definition) is 4. The van der Waals surface area contributed by atoms with Gasteiger partial charge in [0.2, 0.25) is 5.91 Å². The molecule has 3 aromatic rings. The molecule has 2 aliphatic rings. The molecule has 1 fully saturated rings. The van der Waals surface area contributed by atoms with Crippen LogP contribution in [-0.4, -0.2) is 97.0 Å². The van der Waals surface area contributed by atoms with E-state index < -0.39 is 6.10 Å². The highest BCUT2D eigenvalue weighted by molar-refractivity contribution is 5.92. The molecule has 4 heterocycles. The van der Waals surface area contributed by atoms with Crippen LogP contribution in [0.5, 0.6) is 5.75 Å². The lowest BCUT2D eigenvalue weighted by Gasteiger charge is -2.31. The van der Waals surface area contributed by atoms with Crippen LogP contribution in [0.2, 0.25) is 0 Å². The maximum Gasteiger partial charge on any atom is 0.270 e. The van der Waals surface area contributed by atoms with Crippen molar-refractivity contribution < 1.29 is 19.4 Å². The zero-order valence-electron chi connectivity index (χ0n) is 22.5. The van der Waals surface area contributed by atoms with E-state index in [0.717, 1.165) is 43.8 Å². The number of aromatic amines is 1. The molecule has 0 radical (unpaired) electrons. The van der Waals surface area contributed by atoms with Gasteiger partial charge in [-0.05, 0) is 42.5 Å². The standard InChI is InChI=1S/C27H35N9O4/c1-18(37)36-8-5-21(6-9-36)32-26-11-25(29-17-30-26)27(39)28-13-23(38)15-35-7-4-19-10-24(3-2-20(19)14-35)40-16-22-12-31-34-33-22/h2-3,10-12,17,21,23,38H,4-9,13-16H2,1H3,(H,28,39)(H,29,30,32)(H,31,33,34). The summed E-state index contributed by atoms with van der Waals surface area (Å²) in [4.78, 5) is 36.6. The van der Waals surface area contributed by atoms with E-state index in [4.69, 9.17) is 4.74 Å². The average Bonchev–Trinajstić information content (AvgIpc) is 3.49. The Bertz CT molecular complexity index is 1290. The number of hydrogen-bond acceptors (Lipinski definition) is 10. The summed E-state index contributed by atoms with van der Waals surface area (Å²) in [5.74, 6) is 1.09. The third-order valence-corrected chi connectivity index (χ3v) is 7.29. The van der Waals surface area contributed by atoms with Gasteiger partial charge >= 0.3 is 0 Å². The Hall–Kier alpha value is -4.10. The number of aromatic nitrogens is 5. The minimum Gasteiger partial charge on any atom is -0.487 e. The first-order valence-corrected chi connectivity index (χ1v) is 13.5.